The van der Waals surface area contributed by atoms with Crippen LogP contribution in [0.1, 0.15) is 44.0 Å². The van der Waals surface area contributed by atoms with Crippen molar-refractivity contribution in [3.05, 3.63) is 60.3 Å². The summed E-state index contributed by atoms with van der Waals surface area (Å²) in [6.45, 7) is 6.69. The third-order valence-electron chi connectivity index (χ3n) is 6.94. The average Bonchev–Trinajstić information content (AvgIpc) is 3.39. The van der Waals surface area contributed by atoms with Crippen molar-refractivity contribution in [2.45, 2.75) is 56.3 Å². The number of nitrogens with one attached hydrogen (secondary N) is 1. The molecule has 0 spiro atoms. The lowest BCUT2D eigenvalue weighted by Gasteiger charge is -2.34. The zero-order valence-corrected chi connectivity index (χ0v) is 22.3. The number of hydrogen-bond donors (Lipinski definition) is 1. The van der Waals surface area contributed by atoms with Crippen LogP contribution < -0.4 is 14.4 Å². The zero-order chi connectivity index (χ0) is 28.2. The maximum Gasteiger partial charge on any atom is 0.395 e. The highest BCUT2D eigenvalue weighted by Crippen LogP contribution is 2.46. The fraction of sp³-hybridized carbons (Fsp3) is 0.423. The molecule has 0 radical (unpaired) electrons. The van der Waals surface area contributed by atoms with Crippen LogP contribution in [0.4, 0.5) is 19.0 Å². The molecule has 0 bridgehead atoms. The molecule has 3 aromatic rings. The molecular weight excluding hydrogens is 535 g/mol. The van der Waals surface area contributed by atoms with Gasteiger partial charge in [-0.2, -0.15) is 13.2 Å². The normalized spacial score (nSPS) is 22.5. The summed E-state index contributed by atoms with van der Waals surface area (Å²) >= 11 is 0. The first-order valence-corrected chi connectivity index (χ1v) is 13.9. The second kappa shape index (κ2) is 9.54. The Balaban J connectivity index is 1.45. The standard InChI is InChI=1S/C26H28F3N5O4S/c1-16-14-25(2,3)33(15-16)23-18(24(35)32-39(36,37)17-7-5-4-6-8-17)9-10-21(30-23)34-12-11-22(31-34)38-20-13-19(20)26(27,28)29/h4-12,16,19-20H,13-15H2,1-3H3,(H,32,35)/t16-,19+,20-/m0/s1. The van der Waals surface area contributed by atoms with E-state index in [1.807, 2.05) is 18.7 Å². The number of alkyl halides is 3. The lowest BCUT2D eigenvalue weighted by molar-refractivity contribution is -0.153. The molecule has 0 unspecified atom stereocenters. The second-order valence-corrected chi connectivity index (χ2v) is 12.3. The molecular formula is C26H28F3N5O4S. The average molecular weight is 564 g/mol. The minimum Gasteiger partial charge on any atom is -0.473 e. The Morgan fingerprint density at radius 2 is 1.85 bits per heavy atom. The number of benzene rings is 1. The van der Waals surface area contributed by atoms with Crippen molar-refractivity contribution in [2.24, 2.45) is 11.8 Å². The van der Waals surface area contributed by atoms with Crippen molar-refractivity contribution < 1.29 is 31.1 Å². The van der Waals surface area contributed by atoms with Crippen molar-refractivity contribution >= 4 is 21.7 Å². The minimum absolute atomic E-state index is 0.0287. The van der Waals surface area contributed by atoms with E-state index in [2.05, 4.69) is 21.7 Å². The molecule has 39 heavy (non-hydrogen) atoms. The summed E-state index contributed by atoms with van der Waals surface area (Å²) in [6, 6.07) is 12.0. The zero-order valence-electron chi connectivity index (χ0n) is 21.5. The molecule has 3 atom stereocenters. The fourth-order valence-electron chi connectivity index (χ4n) is 5.04. The SMILES string of the molecule is C[C@@H]1CN(c2nc(-n3ccc(O[C@H]4C[C@H]4C(F)(F)F)n3)ccc2C(=O)NS(=O)(=O)c2ccccc2)C(C)(C)C1. The van der Waals surface area contributed by atoms with E-state index in [1.165, 1.54) is 41.2 Å². The van der Waals surface area contributed by atoms with Gasteiger partial charge < -0.3 is 9.64 Å². The van der Waals surface area contributed by atoms with Crippen molar-refractivity contribution in [1.29, 1.82) is 0 Å². The van der Waals surface area contributed by atoms with Gasteiger partial charge in [0.05, 0.1) is 16.4 Å². The van der Waals surface area contributed by atoms with E-state index in [-0.39, 0.29) is 34.1 Å². The van der Waals surface area contributed by atoms with Gasteiger partial charge in [-0.25, -0.2) is 22.8 Å². The minimum atomic E-state index is -4.31. The molecule has 3 heterocycles. The van der Waals surface area contributed by atoms with Crippen LogP contribution in [0.25, 0.3) is 5.82 Å². The summed E-state index contributed by atoms with van der Waals surface area (Å²) < 4.78 is 73.1. The van der Waals surface area contributed by atoms with Crippen molar-refractivity contribution in [3.63, 3.8) is 0 Å². The summed E-state index contributed by atoms with van der Waals surface area (Å²) in [5.74, 6) is -1.45. The molecule has 1 saturated heterocycles. The Morgan fingerprint density at radius 1 is 1.13 bits per heavy atom. The summed E-state index contributed by atoms with van der Waals surface area (Å²) in [5.41, 5.74) is -0.315. The summed E-state index contributed by atoms with van der Waals surface area (Å²) in [4.78, 5) is 19.9. The molecule has 2 aromatic heterocycles. The summed E-state index contributed by atoms with van der Waals surface area (Å²) in [5, 5.41) is 4.22. The van der Waals surface area contributed by atoms with Gasteiger partial charge in [-0.05, 0) is 56.9 Å². The lowest BCUT2D eigenvalue weighted by Crippen LogP contribution is -2.41. The first kappa shape index (κ1) is 27.0. The molecule has 2 fully saturated rings. The number of carbonyl (C=O) groups excluding carboxylic acids is 1. The monoisotopic (exact) mass is 563 g/mol. The van der Waals surface area contributed by atoms with Crippen LogP contribution in [0.3, 0.4) is 0 Å². The smallest absolute Gasteiger partial charge is 0.395 e. The molecule has 1 aromatic carbocycles. The molecule has 1 aliphatic carbocycles. The molecule has 13 heteroatoms. The molecule has 5 rings (SSSR count). The third-order valence-corrected chi connectivity index (χ3v) is 8.28. The van der Waals surface area contributed by atoms with Gasteiger partial charge in [0.25, 0.3) is 15.9 Å². The van der Waals surface area contributed by atoms with Gasteiger partial charge in [-0.15, -0.1) is 5.10 Å². The second-order valence-electron chi connectivity index (χ2n) is 10.7. The van der Waals surface area contributed by atoms with E-state index in [9.17, 15) is 26.4 Å². The quantitative estimate of drug-likeness (QED) is 0.456. The Bertz CT molecular complexity index is 1490. The molecule has 1 amide bonds. The highest BCUT2D eigenvalue weighted by atomic mass is 32.2. The van der Waals surface area contributed by atoms with Gasteiger partial charge in [0.1, 0.15) is 11.9 Å². The number of anilines is 1. The number of carbonyl (C=O) groups is 1. The van der Waals surface area contributed by atoms with Crippen LogP contribution in [-0.2, 0) is 10.0 Å². The summed E-state index contributed by atoms with van der Waals surface area (Å²) in [7, 11) is -4.13. The van der Waals surface area contributed by atoms with Crippen LogP contribution in [0.5, 0.6) is 5.88 Å². The van der Waals surface area contributed by atoms with Gasteiger partial charge >= 0.3 is 6.18 Å². The Hall–Kier alpha value is -3.61. The first-order chi connectivity index (χ1) is 18.2. The van der Waals surface area contributed by atoms with Crippen LogP contribution >= 0.6 is 0 Å². The Morgan fingerprint density at radius 3 is 2.46 bits per heavy atom. The maximum atomic E-state index is 13.3. The van der Waals surface area contributed by atoms with Crippen LogP contribution in [0, 0.1) is 11.8 Å². The highest BCUT2D eigenvalue weighted by molar-refractivity contribution is 7.90. The number of ether oxygens (including phenoxy) is 1. The number of nitrogens with zero attached hydrogens (tertiary/aromatic N) is 4. The number of sulfonamides is 1. The molecule has 1 N–H and O–H groups in total. The highest BCUT2D eigenvalue weighted by Gasteiger charge is 2.58. The van der Waals surface area contributed by atoms with Crippen molar-refractivity contribution in [3.8, 4) is 11.7 Å². The van der Waals surface area contributed by atoms with E-state index in [1.54, 1.807) is 18.2 Å². The number of aromatic nitrogens is 3. The number of rotatable bonds is 7. The molecule has 208 valence electrons. The predicted octanol–water partition coefficient (Wildman–Crippen LogP) is 4.34. The summed E-state index contributed by atoms with van der Waals surface area (Å²) in [6.07, 6.45) is -3.07. The third kappa shape index (κ3) is 5.58. The largest absolute Gasteiger partial charge is 0.473 e. The van der Waals surface area contributed by atoms with Crippen molar-refractivity contribution in [2.75, 3.05) is 11.4 Å². The first-order valence-electron chi connectivity index (χ1n) is 12.4. The predicted molar refractivity (Wildman–Crippen MR) is 136 cm³/mol. The number of halogens is 3. The van der Waals surface area contributed by atoms with Gasteiger partial charge in [-0.3, -0.25) is 4.79 Å². The van der Waals surface area contributed by atoms with Gasteiger partial charge in [-0.1, -0.05) is 25.1 Å². The van der Waals surface area contributed by atoms with E-state index >= 15 is 0 Å². The number of hydrogen-bond acceptors (Lipinski definition) is 7. The van der Waals surface area contributed by atoms with Gasteiger partial charge in [0.2, 0.25) is 5.88 Å². The van der Waals surface area contributed by atoms with E-state index in [4.69, 9.17) is 4.74 Å². The maximum absolute atomic E-state index is 13.3. The van der Waals surface area contributed by atoms with Gasteiger partial charge in [0.15, 0.2) is 5.82 Å². The number of pyridine rings is 1. The molecule has 2 aliphatic rings. The Kier molecular flexibility index (Phi) is 6.60. The van der Waals surface area contributed by atoms with Crippen LogP contribution in [0.15, 0.2) is 59.6 Å². The molecule has 1 aliphatic heterocycles. The fourth-order valence-corrected chi connectivity index (χ4v) is 6.03. The van der Waals surface area contributed by atoms with E-state index in [0.717, 1.165) is 6.42 Å². The van der Waals surface area contributed by atoms with Crippen molar-refractivity contribution in [1.82, 2.24) is 19.5 Å². The molecule has 9 nitrogen and oxygen atoms in total. The van der Waals surface area contributed by atoms with E-state index < -0.39 is 34.1 Å². The van der Waals surface area contributed by atoms with E-state index in [0.29, 0.717) is 18.3 Å². The van der Waals surface area contributed by atoms with Gasteiger partial charge in [0, 0.05) is 24.3 Å². The van der Waals surface area contributed by atoms with Crippen LogP contribution in [0.2, 0.25) is 0 Å². The lowest BCUT2D eigenvalue weighted by atomic mass is 9.97. The number of amides is 1. The Labute approximate surface area is 224 Å². The topological polar surface area (TPSA) is 106 Å². The van der Waals surface area contributed by atoms with Crippen LogP contribution in [-0.4, -0.2) is 53.5 Å². The molecule has 1 saturated carbocycles.